The molecule has 3 aromatic carbocycles. The van der Waals surface area contributed by atoms with Crippen molar-refractivity contribution in [2.24, 2.45) is 0 Å². The molecule has 7 nitrogen and oxygen atoms in total. The van der Waals surface area contributed by atoms with E-state index in [2.05, 4.69) is 10.3 Å². The zero-order valence-corrected chi connectivity index (χ0v) is 19.6. The number of anilines is 2. The Hall–Kier alpha value is -3.75. The standard InChI is InChI=1S/C26H25N3O4S/c1-3-22(18-9-5-4-6-10-18)28-26(30)21-17-20(33-2)14-15-23(21)29(34(31)32)24-13-7-11-19-12-8-16-27-25(19)24/h4-17,22H,3H2,1-2H3,(H,28,30)(H,31,32)/p-1. The Morgan fingerprint density at radius 3 is 2.53 bits per heavy atom. The first kappa shape index (κ1) is 23.4. The summed E-state index contributed by atoms with van der Waals surface area (Å²) in [5.74, 6) is 0.0302. The molecule has 0 aliphatic rings. The van der Waals surface area contributed by atoms with Gasteiger partial charge in [0.15, 0.2) is 0 Å². The van der Waals surface area contributed by atoms with E-state index in [9.17, 15) is 13.6 Å². The van der Waals surface area contributed by atoms with Crippen molar-refractivity contribution in [2.45, 2.75) is 19.4 Å². The first-order valence-corrected chi connectivity index (χ1v) is 11.8. The lowest BCUT2D eigenvalue weighted by molar-refractivity contribution is 0.0936. The van der Waals surface area contributed by atoms with Crippen molar-refractivity contribution in [1.82, 2.24) is 10.3 Å². The quantitative estimate of drug-likeness (QED) is 0.360. The van der Waals surface area contributed by atoms with E-state index in [1.54, 1.807) is 42.6 Å². The summed E-state index contributed by atoms with van der Waals surface area (Å²) in [7, 11) is 1.49. The molecular formula is C26H24N3O4S-. The smallest absolute Gasteiger partial charge is 0.254 e. The van der Waals surface area contributed by atoms with Crippen LogP contribution in [-0.2, 0) is 11.3 Å². The summed E-state index contributed by atoms with van der Waals surface area (Å²) in [6, 6.07) is 23.0. The van der Waals surface area contributed by atoms with E-state index in [-0.39, 0.29) is 17.3 Å². The maximum absolute atomic E-state index is 13.5. The van der Waals surface area contributed by atoms with Crippen LogP contribution in [0.25, 0.3) is 10.9 Å². The second-order valence-corrected chi connectivity index (χ2v) is 8.39. The lowest BCUT2D eigenvalue weighted by Crippen LogP contribution is -2.30. The van der Waals surface area contributed by atoms with Gasteiger partial charge in [-0.2, -0.15) is 0 Å². The number of hydrogen-bond donors (Lipinski definition) is 1. The van der Waals surface area contributed by atoms with Crippen LogP contribution in [0.15, 0.2) is 85.1 Å². The van der Waals surface area contributed by atoms with E-state index in [1.165, 1.54) is 7.11 Å². The van der Waals surface area contributed by atoms with Crippen molar-refractivity contribution >= 4 is 39.5 Å². The summed E-state index contributed by atoms with van der Waals surface area (Å²) in [6.07, 6.45) is 2.27. The van der Waals surface area contributed by atoms with Crippen LogP contribution in [0, 0.1) is 0 Å². The molecule has 0 aliphatic heterocycles. The van der Waals surface area contributed by atoms with Crippen LogP contribution in [0.2, 0.25) is 0 Å². The van der Waals surface area contributed by atoms with Gasteiger partial charge in [-0.3, -0.25) is 18.3 Å². The zero-order chi connectivity index (χ0) is 24.1. The fourth-order valence-electron chi connectivity index (χ4n) is 3.89. The Morgan fingerprint density at radius 1 is 1.06 bits per heavy atom. The van der Waals surface area contributed by atoms with Gasteiger partial charge in [-0.1, -0.05) is 55.5 Å². The number of nitrogens with zero attached hydrogens (tertiary/aromatic N) is 2. The number of hydrogen-bond acceptors (Lipinski definition) is 5. The average Bonchev–Trinajstić information content (AvgIpc) is 2.88. The number of benzene rings is 3. The largest absolute Gasteiger partial charge is 0.755 e. The first-order chi connectivity index (χ1) is 16.5. The van der Waals surface area contributed by atoms with Gasteiger partial charge in [0.05, 0.1) is 46.9 Å². The van der Waals surface area contributed by atoms with Crippen molar-refractivity contribution in [1.29, 1.82) is 0 Å². The number of pyridine rings is 1. The third kappa shape index (κ3) is 4.78. The molecule has 1 heterocycles. The molecule has 0 saturated heterocycles. The van der Waals surface area contributed by atoms with Gasteiger partial charge >= 0.3 is 0 Å². The Balaban J connectivity index is 1.81. The van der Waals surface area contributed by atoms with Crippen molar-refractivity contribution in [2.75, 3.05) is 11.4 Å². The molecule has 1 amide bonds. The third-order valence-electron chi connectivity index (χ3n) is 5.56. The number of aromatic nitrogens is 1. The SMILES string of the molecule is CCC(NC(=O)c1cc(OC)ccc1N(c1cccc2cccnc12)S(=O)[O-])c1ccccc1. The normalized spacial score (nSPS) is 12.7. The third-order valence-corrected chi connectivity index (χ3v) is 6.25. The van der Waals surface area contributed by atoms with E-state index < -0.39 is 17.2 Å². The molecule has 1 N–H and O–H groups in total. The predicted molar refractivity (Wildman–Crippen MR) is 133 cm³/mol. The molecule has 174 valence electrons. The number of para-hydroxylation sites is 1. The van der Waals surface area contributed by atoms with E-state index in [0.717, 1.165) is 15.3 Å². The molecule has 0 bridgehead atoms. The molecule has 0 aliphatic carbocycles. The highest BCUT2D eigenvalue weighted by Crippen LogP contribution is 2.36. The van der Waals surface area contributed by atoms with Crippen molar-refractivity contribution in [3.05, 3.63) is 96.2 Å². The minimum Gasteiger partial charge on any atom is -0.755 e. The van der Waals surface area contributed by atoms with Gasteiger partial charge < -0.3 is 14.6 Å². The second kappa shape index (κ2) is 10.5. The zero-order valence-electron chi connectivity index (χ0n) is 18.8. The molecule has 2 atom stereocenters. The summed E-state index contributed by atoms with van der Waals surface area (Å²) in [5, 5.41) is 3.82. The first-order valence-electron chi connectivity index (χ1n) is 10.8. The monoisotopic (exact) mass is 474 g/mol. The molecule has 2 unspecified atom stereocenters. The van der Waals surface area contributed by atoms with Gasteiger partial charge in [-0.25, -0.2) is 0 Å². The topological polar surface area (TPSA) is 94.6 Å². The molecule has 0 spiro atoms. The van der Waals surface area contributed by atoms with Gasteiger partial charge in [0.25, 0.3) is 5.91 Å². The molecule has 0 radical (unpaired) electrons. The van der Waals surface area contributed by atoms with Gasteiger partial charge in [-0.05, 0) is 42.3 Å². The fraction of sp³-hybridized carbons (Fsp3) is 0.154. The Kier molecular flexibility index (Phi) is 7.20. The average molecular weight is 475 g/mol. The Morgan fingerprint density at radius 2 is 1.82 bits per heavy atom. The molecule has 34 heavy (non-hydrogen) atoms. The van der Waals surface area contributed by atoms with Crippen LogP contribution >= 0.6 is 0 Å². The van der Waals surface area contributed by atoms with Crippen molar-refractivity contribution in [3.63, 3.8) is 0 Å². The molecule has 4 aromatic rings. The highest BCUT2D eigenvalue weighted by atomic mass is 32.2. The van der Waals surface area contributed by atoms with Gasteiger partial charge in [0, 0.05) is 11.6 Å². The predicted octanol–water partition coefficient (Wildman–Crippen LogP) is 5.06. The van der Waals surface area contributed by atoms with Crippen LogP contribution in [0.5, 0.6) is 5.75 Å². The number of fused-ring (bicyclic) bond motifs is 1. The van der Waals surface area contributed by atoms with Gasteiger partial charge in [0.2, 0.25) is 0 Å². The van der Waals surface area contributed by atoms with Crippen molar-refractivity contribution in [3.8, 4) is 5.75 Å². The highest BCUT2D eigenvalue weighted by Gasteiger charge is 2.23. The Labute approximate surface area is 200 Å². The van der Waals surface area contributed by atoms with Gasteiger partial charge in [0.1, 0.15) is 5.75 Å². The molecule has 1 aromatic heterocycles. The number of carbonyl (C=O) groups excluding carboxylic acids is 1. The minimum atomic E-state index is -2.72. The summed E-state index contributed by atoms with van der Waals surface area (Å²) >= 11 is -2.72. The molecule has 8 heteroatoms. The summed E-state index contributed by atoms with van der Waals surface area (Å²) < 4.78 is 31.4. The Bertz CT molecular complexity index is 1320. The molecule has 0 fully saturated rings. The fourth-order valence-corrected chi connectivity index (χ4v) is 4.51. The number of nitrogens with one attached hydrogen (secondary N) is 1. The summed E-state index contributed by atoms with van der Waals surface area (Å²) in [4.78, 5) is 17.9. The summed E-state index contributed by atoms with van der Waals surface area (Å²) in [5.41, 5.74) is 2.19. The number of carbonyl (C=O) groups is 1. The van der Waals surface area contributed by atoms with Crippen LogP contribution in [0.4, 0.5) is 11.4 Å². The van der Waals surface area contributed by atoms with E-state index in [0.29, 0.717) is 23.4 Å². The van der Waals surface area contributed by atoms with E-state index >= 15 is 0 Å². The molecule has 4 rings (SSSR count). The minimum absolute atomic E-state index is 0.172. The number of rotatable bonds is 8. The second-order valence-electron chi connectivity index (χ2n) is 7.59. The van der Waals surface area contributed by atoms with Crippen LogP contribution in [0.3, 0.4) is 0 Å². The molecular weight excluding hydrogens is 450 g/mol. The lowest BCUT2D eigenvalue weighted by atomic mass is 10.0. The van der Waals surface area contributed by atoms with Crippen LogP contribution in [0.1, 0.15) is 35.3 Å². The van der Waals surface area contributed by atoms with Crippen LogP contribution in [-0.4, -0.2) is 26.8 Å². The maximum Gasteiger partial charge on any atom is 0.254 e. The number of methoxy groups -OCH3 is 1. The van der Waals surface area contributed by atoms with E-state index in [1.807, 2.05) is 49.4 Å². The lowest BCUT2D eigenvalue weighted by Gasteiger charge is -2.29. The van der Waals surface area contributed by atoms with Gasteiger partial charge in [-0.15, -0.1) is 0 Å². The van der Waals surface area contributed by atoms with Crippen molar-refractivity contribution < 1.29 is 18.3 Å². The highest BCUT2D eigenvalue weighted by molar-refractivity contribution is 7.81. The number of amides is 1. The van der Waals surface area contributed by atoms with E-state index in [4.69, 9.17) is 4.74 Å². The maximum atomic E-state index is 13.5. The number of ether oxygens (including phenoxy) is 1. The van der Waals surface area contributed by atoms with Crippen LogP contribution < -0.4 is 14.4 Å². The molecule has 0 saturated carbocycles. The summed E-state index contributed by atoms with van der Waals surface area (Å²) in [6.45, 7) is 1.98.